The summed E-state index contributed by atoms with van der Waals surface area (Å²) in [4.78, 5) is 35.2. The summed E-state index contributed by atoms with van der Waals surface area (Å²) in [6, 6.07) is 1.17. The molecule has 1 aromatic heterocycles. The van der Waals surface area contributed by atoms with Gasteiger partial charge in [0.1, 0.15) is 18.3 Å². The molecule has 218 valence electrons. The van der Waals surface area contributed by atoms with Gasteiger partial charge in [0.25, 0.3) is 5.56 Å². The third kappa shape index (κ3) is 12.1. The number of allylic oxidation sites excluding steroid dienone is 2. The van der Waals surface area contributed by atoms with Gasteiger partial charge in [0, 0.05) is 18.9 Å². The molecule has 0 amide bonds. The highest BCUT2D eigenvalue weighted by atomic mass is 31.1. The van der Waals surface area contributed by atoms with Crippen molar-refractivity contribution >= 4 is 8.25 Å². The van der Waals surface area contributed by atoms with Gasteiger partial charge in [-0.15, -0.1) is 0 Å². The van der Waals surface area contributed by atoms with Gasteiger partial charge in [-0.1, -0.05) is 76.9 Å². The van der Waals surface area contributed by atoms with Crippen LogP contribution < -0.4 is 11.2 Å². The summed E-state index contributed by atoms with van der Waals surface area (Å²) < 4.78 is 29.4. The van der Waals surface area contributed by atoms with Crippen LogP contribution in [-0.2, 0) is 18.6 Å². The molecule has 0 radical (unpaired) electrons. The van der Waals surface area contributed by atoms with E-state index in [4.69, 9.17) is 14.0 Å². The average Bonchev–Trinajstić information content (AvgIpc) is 3.22. The molecule has 11 heteroatoms. The topological polar surface area (TPSA) is 140 Å². The summed E-state index contributed by atoms with van der Waals surface area (Å²) in [6.07, 6.45) is 18.7. The molecule has 1 fully saturated rings. The Kier molecular flexibility index (Phi) is 16.8. The van der Waals surface area contributed by atoms with Crippen LogP contribution in [0.4, 0.5) is 0 Å². The van der Waals surface area contributed by atoms with Gasteiger partial charge >= 0.3 is 13.9 Å². The number of aromatic nitrogens is 2. The molecule has 0 aromatic carbocycles. The Bertz CT molecular complexity index is 934. The molecule has 10 nitrogen and oxygen atoms in total. The van der Waals surface area contributed by atoms with Crippen molar-refractivity contribution in [2.45, 2.75) is 121 Å². The molecule has 3 unspecified atom stereocenters. The minimum Gasteiger partial charge on any atom is -0.394 e. The Balaban J connectivity index is 1.67. The third-order valence-corrected chi connectivity index (χ3v) is 7.27. The zero-order valence-corrected chi connectivity index (χ0v) is 23.7. The predicted molar refractivity (Wildman–Crippen MR) is 148 cm³/mol. The van der Waals surface area contributed by atoms with Crippen LogP contribution in [0.2, 0.25) is 0 Å². The minimum atomic E-state index is -3.35. The Labute approximate surface area is 226 Å². The molecule has 3 N–H and O–H groups in total. The number of nitrogens with zero attached hydrogens (tertiary/aromatic N) is 1. The first-order valence-electron chi connectivity index (χ1n) is 14.2. The number of ether oxygens (including phenoxy) is 2. The first-order chi connectivity index (χ1) is 18.5. The number of aliphatic hydroxyl groups excluding tert-OH is 1. The fraction of sp³-hybridized carbons (Fsp3) is 0.778. The lowest BCUT2D eigenvalue weighted by atomic mass is 10.1. The van der Waals surface area contributed by atoms with Crippen molar-refractivity contribution in [3.8, 4) is 0 Å². The number of aromatic amines is 1. The van der Waals surface area contributed by atoms with Crippen molar-refractivity contribution in [2.24, 2.45) is 0 Å². The van der Waals surface area contributed by atoms with Crippen molar-refractivity contribution in [1.29, 1.82) is 0 Å². The normalized spacial score (nSPS) is 22.4. The van der Waals surface area contributed by atoms with Crippen LogP contribution in [0.5, 0.6) is 0 Å². The second kappa shape index (κ2) is 19.5. The van der Waals surface area contributed by atoms with Crippen LogP contribution in [0.25, 0.3) is 0 Å². The molecule has 0 aliphatic carbocycles. The summed E-state index contributed by atoms with van der Waals surface area (Å²) in [7, 11) is -3.35. The highest BCUT2D eigenvalue weighted by Crippen LogP contribution is 2.37. The first-order valence-corrected chi connectivity index (χ1v) is 15.5. The molecule has 1 aliphatic heterocycles. The molecular weight excluding hydrogens is 511 g/mol. The summed E-state index contributed by atoms with van der Waals surface area (Å²) in [5.74, 6) is 0. The van der Waals surface area contributed by atoms with Gasteiger partial charge < -0.3 is 24.0 Å². The lowest BCUT2D eigenvalue weighted by Crippen LogP contribution is -2.40. The van der Waals surface area contributed by atoms with Gasteiger partial charge in [-0.05, 0) is 32.1 Å². The minimum absolute atomic E-state index is 0.341. The molecule has 0 saturated carbocycles. The smallest absolute Gasteiger partial charge is 0.330 e. The van der Waals surface area contributed by atoms with Gasteiger partial charge in [-0.2, -0.15) is 0 Å². The number of hydrogen-bond donors (Lipinski definition) is 3. The van der Waals surface area contributed by atoms with Crippen LogP contribution in [-0.4, -0.2) is 51.1 Å². The molecule has 2 heterocycles. The van der Waals surface area contributed by atoms with E-state index in [9.17, 15) is 24.2 Å². The van der Waals surface area contributed by atoms with Crippen molar-refractivity contribution < 1.29 is 28.6 Å². The number of hydrogen-bond acceptors (Lipinski definition) is 7. The molecule has 0 spiro atoms. The Morgan fingerprint density at radius 1 is 0.974 bits per heavy atom. The first kappa shape index (κ1) is 32.7. The second-order valence-electron chi connectivity index (χ2n) is 9.89. The summed E-state index contributed by atoms with van der Waals surface area (Å²) in [5, 5.41) is 9.68. The van der Waals surface area contributed by atoms with E-state index in [-0.39, 0.29) is 0 Å². The zero-order chi connectivity index (χ0) is 27.6. The standard InChI is InChI=1S/C27H47N2O8P/c1-2-3-4-5-6-7-8-9-10-11-12-13-14-15-16-17-20-35-25-24(37-38(33)34)22(21-30)36-26(25)29-19-18-23(31)28-27(29)32/h9-10,18-19,22,24-26,30,38H,2-8,11-17,20-21H2,1H3,(H,33,34)(H,28,31,32)/b10-9-/t22-,24?,25?,26-/m1/s1. The predicted octanol–water partition coefficient (Wildman–Crippen LogP) is 4.62. The summed E-state index contributed by atoms with van der Waals surface area (Å²) in [5.41, 5.74) is -1.26. The maximum Gasteiger partial charge on any atom is 0.330 e. The number of H-pyrrole nitrogens is 1. The van der Waals surface area contributed by atoms with Crippen LogP contribution in [0.3, 0.4) is 0 Å². The molecule has 38 heavy (non-hydrogen) atoms. The van der Waals surface area contributed by atoms with E-state index in [2.05, 4.69) is 24.1 Å². The molecule has 5 atom stereocenters. The third-order valence-electron chi connectivity index (χ3n) is 6.79. The summed E-state index contributed by atoms with van der Waals surface area (Å²) >= 11 is 0. The Morgan fingerprint density at radius 2 is 1.58 bits per heavy atom. The number of nitrogens with one attached hydrogen (secondary N) is 1. The SMILES string of the molecule is CCCCCCCC/C=C\CCCCCCCCOC1C(O[PH](=O)O)[C@@H](CO)O[C@H]1n1ccc(=O)[nH]c1=O. The van der Waals surface area contributed by atoms with E-state index in [0.29, 0.717) is 6.61 Å². The maximum absolute atomic E-state index is 12.3. The van der Waals surface area contributed by atoms with Crippen molar-refractivity contribution in [3.05, 3.63) is 45.3 Å². The quantitative estimate of drug-likeness (QED) is 0.113. The van der Waals surface area contributed by atoms with Gasteiger partial charge in [-0.3, -0.25) is 18.9 Å². The number of unbranched alkanes of at least 4 members (excludes halogenated alkanes) is 12. The molecule has 2 rings (SSSR count). The van der Waals surface area contributed by atoms with E-state index < -0.39 is 50.7 Å². The van der Waals surface area contributed by atoms with Crippen molar-refractivity contribution in [2.75, 3.05) is 13.2 Å². The van der Waals surface area contributed by atoms with Crippen LogP contribution >= 0.6 is 8.25 Å². The van der Waals surface area contributed by atoms with Gasteiger partial charge in [0.05, 0.1) is 6.61 Å². The lowest BCUT2D eigenvalue weighted by molar-refractivity contribution is -0.0744. The number of aliphatic hydroxyl groups is 1. The molecule has 0 bridgehead atoms. The van der Waals surface area contributed by atoms with Gasteiger partial charge in [0.2, 0.25) is 0 Å². The van der Waals surface area contributed by atoms with Crippen LogP contribution in [0.1, 0.15) is 103 Å². The monoisotopic (exact) mass is 558 g/mol. The van der Waals surface area contributed by atoms with Crippen molar-refractivity contribution in [1.82, 2.24) is 9.55 Å². The Hall–Kier alpha value is -1.55. The van der Waals surface area contributed by atoms with Crippen LogP contribution in [0.15, 0.2) is 34.0 Å². The fourth-order valence-corrected chi connectivity index (χ4v) is 5.23. The zero-order valence-electron chi connectivity index (χ0n) is 22.7. The lowest BCUT2D eigenvalue weighted by Gasteiger charge is -2.24. The summed E-state index contributed by atoms with van der Waals surface area (Å²) in [6.45, 7) is 2.10. The highest BCUT2D eigenvalue weighted by molar-refractivity contribution is 7.32. The van der Waals surface area contributed by atoms with Gasteiger partial charge in [-0.25, -0.2) is 4.79 Å². The average molecular weight is 559 g/mol. The second-order valence-corrected chi connectivity index (χ2v) is 10.7. The fourth-order valence-electron chi connectivity index (χ4n) is 4.71. The Morgan fingerprint density at radius 3 is 2.16 bits per heavy atom. The molecule has 1 aromatic rings. The molecule has 1 aliphatic rings. The van der Waals surface area contributed by atoms with Crippen molar-refractivity contribution in [3.63, 3.8) is 0 Å². The highest BCUT2D eigenvalue weighted by Gasteiger charge is 2.48. The van der Waals surface area contributed by atoms with E-state index in [1.165, 1.54) is 70.1 Å². The van der Waals surface area contributed by atoms with E-state index in [0.717, 1.165) is 36.7 Å². The van der Waals surface area contributed by atoms with E-state index >= 15 is 0 Å². The molecule has 1 saturated heterocycles. The molecular formula is C27H47N2O8P. The van der Waals surface area contributed by atoms with Crippen LogP contribution in [0, 0.1) is 0 Å². The van der Waals surface area contributed by atoms with E-state index in [1.54, 1.807) is 0 Å². The van der Waals surface area contributed by atoms with Gasteiger partial charge in [0.15, 0.2) is 6.23 Å². The maximum atomic E-state index is 12.3. The number of rotatable bonds is 21. The largest absolute Gasteiger partial charge is 0.394 e. The van der Waals surface area contributed by atoms with E-state index in [1.807, 2.05) is 0 Å².